The molecule has 1 aromatic rings. The molecule has 2 atom stereocenters. The van der Waals surface area contributed by atoms with Crippen LogP contribution in [0.4, 0.5) is 14.6 Å². The fraction of sp³-hybridized carbons (Fsp3) is 0.816. The molecule has 1 aliphatic rings. The summed E-state index contributed by atoms with van der Waals surface area (Å²) >= 11 is 0. The Bertz CT molecular complexity index is 1290. The fourth-order valence-electron chi connectivity index (χ4n) is 5.32. The van der Waals surface area contributed by atoms with Gasteiger partial charge in [0.1, 0.15) is 5.82 Å². The highest BCUT2D eigenvalue weighted by Crippen LogP contribution is 2.45. The van der Waals surface area contributed by atoms with E-state index in [1.807, 2.05) is 41.5 Å². The van der Waals surface area contributed by atoms with Gasteiger partial charge in [-0.25, -0.2) is 13.6 Å². The number of nitrogen functional groups attached to an aromatic ring is 1. The number of halogens is 2. The predicted molar refractivity (Wildman–Crippen MR) is 205 cm³/mol. The average molecular weight is 810 g/mol. The largest absolute Gasteiger partial charge is 0.481 e. The summed E-state index contributed by atoms with van der Waals surface area (Å²) in [6, 6.07) is 1.20. The van der Waals surface area contributed by atoms with Crippen molar-refractivity contribution < 1.29 is 56.1 Å². The number of aliphatic carboxylic acids is 1. The van der Waals surface area contributed by atoms with E-state index in [4.69, 9.17) is 38.6 Å². The third kappa shape index (κ3) is 25.2. The van der Waals surface area contributed by atoms with Gasteiger partial charge in [-0.05, 0) is 23.3 Å². The normalized spacial score (nSPS) is 16.8. The molecule has 0 radical (unpaired) electrons. The Balaban J connectivity index is 0.000000747. The number of anilines is 1. The number of carboxylic acids is 1. The van der Waals surface area contributed by atoms with Gasteiger partial charge in [-0.3, -0.25) is 28.0 Å². The maximum Gasteiger partial charge on any atom is 0.351 e. The van der Waals surface area contributed by atoms with Gasteiger partial charge in [0, 0.05) is 19.0 Å². The molecule has 318 valence electrons. The zero-order valence-corrected chi connectivity index (χ0v) is 34.8. The minimum Gasteiger partial charge on any atom is -0.481 e. The monoisotopic (exact) mass is 809 g/mol. The van der Waals surface area contributed by atoms with Crippen LogP contribution in [-0.4, -0.2) is 64.8 Å². The lowest BCUT2D eigenvalue weighted by molar-refractivity contribution is -0.155. The van der Waals surface area contributed by atoms with Crippen molar-refractivity contribution in [2.45, 2.75) is 169 Å². The number of carbonyl (C=O) groups excluding carboxylic acids is 2. The minimum atomic E-state index is -3.41. The van der Waals surface area contributed by atoms with Crippen LogP contribution < -0.4 is 11.4 Å². The Labute approximate surface area is 326 Å². The number of nitrogens with two attached hydrogens (primary N) is 1. The molecular formula is C38H66F2N3O11P. The number of ether oxygens (including phenoxy) is 3. The van der Waals surface area contributed by atoms with E-state index < -0.39 is 77.1 Å². The van der Waals surface area contributed by atoms with Crippen LogP contribution in [0, 0.1) is 10.8 Å². The highest BCUT2D eigenvalue weighted by molar-refractivity contribution is 7.41. The van der Waals surface area contributed by atoms with Gasteiger partial charge >= 0.3 is 32.2 Å². The molecule has 2 heterocycles. The predicted octanol–water partition coefficient (Wildman–Crippen LogP) is 9.06. The number of esters is 2. The maximum atomic E-state index is 14.6. The Hall–Kier alpha value is -2.78. The number of rotatable bonds is 25. The highest BCUT2D eigenvalue weighted by Gasteiger charge is 2.52. The first-order valence-electron chi connectivity index (χ1n) is 19.3. The lowest BCUT2D eigenvalue weighted by Crippen LogP contribution is -2.35. The molecule has 14 nitrogen and oxygen atoms in total. The van der Waals surface area contributed by atoms with Crippen molar-refractivity contribution in [3.63, 3.8) is 0 Å². The van der Waals surface area contributed by atoms with Gasteiger partial charge in [-0.15, -0.1) is 0 Å². The van der Waals surface area contributed by atoms with Crippen LogP contribution in [0.15, 0.2) is 17.1 Å². The first-order valence-corrected chi connectivity index (χ1v) is 20.4. The molecule has 0 aliphatic carbocycles. The second-order valence-corrected chi connectivity index (χ2v) is 17.4. The summed E-state index contributed by atoms with van der Waals surface area (Å²) in [5.74, 6) is -5.22. The number of carboxylic acid groups (broad SMARTS) is 1. The van der Waals surface area contributed by atoms with E-state index in [9.17, 15) is 28.0 Å². The number of nitrogens with zero attached hydrogens (tertiary/aromatic N) is 2. The van der Waals surface area contributed by atoms with Gasteiger partial charge in [0.05, 0.1) is 25.6 Å². The Morgan fingerprint density at radius 2 is 1.35 bits per heavy atom. The van der Waals surface area contributed by atoms with Crippen molar-refractivity contribution in [3.05, 3.63) is 22.7 Å². The van der Waals surface area contributed by atoms with E-state index in [0.29, 0.717) is 11.0 Å². The summed E-state index contributed by atoms with van der Waals surface area (Å²) < 4.78 is 61.5. The summed E-state index contributed by atoms with van der Waals surface area (Å²) in [7, 11) is -2.29. The van der Waals surface area contributed by atoms with Crippen molar-refractivity contribution in [1.82, 2.24) is 9.55 Å². The van der Waals surface area contributed by atoms with Gasteiger partial charge in [0.25, 0.3) is 5.92 Å². The van der Waals surface area contributed by atoms with Gasteiger partial charge in [-0.1, -0.05) is 119 Å². The van der Waals surface area contributed by atoms with E-state index in [0.717, 1.165) is 19.0 Å². The molecule has 55 heavy (non-hydrogen) atoms. The first-order chi connectivity index (χ1) is 25.7. The number of hydrogen-bond donors (Lipinski definition) is 2. The molecule has 0 amide bonds. The summed E-state index contributed by atoms with van der Waals surface area (Å²) in [6.45, 7) is 11.9. The zero-order valence-electron chi connectivity index (χ0n) is 33.9. The third-order valence-electron chi connectivity index (χ3n) is 8.00. The molecule has 3 N–H and O–H groups in total. The standard InChI is InChI=1S/C23H36F2N3O9P.C15H30O2/c1-21(2,3)10-17(29)32-13-35-38(36-14-33-18(30)11-22(4,5)6)34-12-15-9-23(24,25)19(37-15)28-8-7-16(26)27-20(28)31;1-2-3-4-5-6-7-8-9-10-11-12-13-14-15(16)17/h7-8,15,19H,9-14H2,1-6H3,(H2,26,27,31);2-14H2,1H3,(H,16,17). The molecule has 2 unspecified atom stereocenters. The van der Waals surface area contributed by atoms with Crippen LogP contribution in [0.25, 0.3) is 0 Å². The van der Waals surface area contributed by atoms with Crippen LogP contribution in [0.1, 0.15) is 157 Å². The SMILES string of the molecule is CC(C)(C)CC(=O)OCOP(OCOC(=O)CC(C)(C)C)OCC1CC(F)(F)C(n2ccc(N)nc2=O)O1.CCCCCCCCCCCCCCC(=O)O. The number of hydrogen-bond acceptors (Lipinski definition) is 12. The maximum absolute atomic E-state index is 14.6. The van der Waals surface area contributed by atoms with Crippen LogP contribution in [0.5, 0.6) is 0 Å². The van der Waals surface area contributed by atoms with E-state index in [1.165, 1.54) is 70.3 Å². The summed E-state index contributed by atoms with van der Waals surface area (Å²) in [4.78, 5) is 49.6. The van der Waals surface area contributed by atoms with Crippen molar-refractivity contribution in [1.29, 1.82) is 0 Å². The molecule has 2 rings (SSSR count). The van der Waals surface area contributed by atoms with Gasteiger partial charge < -0.3 is 29.6 Å². The third-order valence-corrected chi connectivity index (χ3v) is 8.99. The molecule has 1 aromatic heterocycles. The van der Waals surface area contributed by atoms with Gasteiger partial charge in [0.15, 0.2) is 0 Å². The van der Waals surface area contributed by atoms with Crippen LogP contribution in [0.3, 0.4) is 0 Å². The van der Waals surface area contributed by atoms with Gasteiger partial charge in [0.2, 0.25) is 19.8 Å². The minimum absolute atomic E-state index is 0.112. The first kappa shape index (κ1) is 50.2. The van der Waals surface area contributed by atoms with Crippen molar-refractivity contribution in [2.75, 3.05) is 25.9 Å². The quantitative estimate of drug-likeness (QED) is 0.0412. The number of alkyl halides is 2. The second kappa shape index (κ2) is 26.2. The molecule has 0 aromatic carbocycles. The van der Waals surface area contributed by atoms with Crippen LogP contribution in [0.2, 0.25) is 0 Å². The summed E-state index contributed by atoms with van der Waals surface area (Å²) in [6.07, 6.45) is 13.3. The second-order valence-electron chi connectivity index (χ2n) is 16.2. The number of aromatic nitrogens is 2. The number of unbranched alkanes of at least 4 members (excludes halogenated alkanes) is 11. The van der Waals surface area contributed by atoms with E-state index in [-0.39, 0.29) is 29.5 Å². The van der Waals surface area contributed by atoms with Gasteiger partial charge in [-0.2, -0.15) is 4.98 Å². The van der Waals surface area contributed by atoms with Crippen LogP contribution >= 0.6 is 8.60 Å². The van der Waals surface area contributed by atoms with E-state index >= 15 is 0 Å². The van der Waals surface area contributed by atoms with Crippen molar-refractivity contribution in [2.24, 2.45) is 10.8 Å². The molecule has 17 heteroatoms. The van der Waals surface area contributed by atoms with E-state index in [2.05, 4.69) is 11.9 Å². The molecule has 0 saturated carbocycles. The molecule has 0 bridgehead atoms. The molecule has 1 saturated heterocycles. The molecule has 1 fully saturated rings. The van der Waals surface area contributed by atoms with Crippen LogP contribution in [-0.2, 0) is 42.2 Å². The zero-order chi connectivity index (χ0) is 41.5. The fourth-order valence-corrected chi connectivity index (χ4v) is 6.11. The Morgan fingerprint density at radius 1 is 0.873 bits per heavy atom. The summed E-state index contributed by atoms with van der Waals surface area (Å²) in [5.41, 5.74) is 3.82. The van der Waals surface area contributed by atoms with Crippen molar-refractivity contribution >= 4 is 32.3 Å². The smallest absolute Gasteiger partial charge is 0.351 e. The Morgan fingerprint density at radius 3 is 1.78 bits per heavy atom. The molecular weight excluding hydrogens is 743 g/mol. The summed E-state index contributed by atoms with van der Waals surface area (Å²) in [5, 5.41) is 8.47. The average Bonchev–Trinajstić information content (AvgIpc) is 3.35. The topological polar surface area (TPSA) is 188 Å². The number of carbonyl (C=O) groups is 3. The lowest BCUT2D eigenvalue weighted by atomic mass is 9.92. The van der Waals surface area contributed by atoms with E-state index in [1.54, 1.807) is 0 Å². The Kier molecular flexibility index (Phi) is 23.9. The van der Waals surface area contributed by atoms with Crippen molar-refractivity contribution in [3.8, 4) is 0 Å². The molecule has 0 spiro atoms. The molecule has 1 aliphatic heterocycles. The lowest BCUT2D eigenvalue weighted by Gasteiger charge is -2.21. The highest BCUT2D eigenvalue weighted by atomic mass is 31.2.